The van der Waals surface area contributed by atoms with Gasteiger partial charge in [-0.25, -0.2) is 0 Å². The average molecular weight is 252 g/mol. The summed E-state index contributed by atoms with van der Waals surface area (Å²) in [4.78, 5) is 14.6. The summed E-state index contributed by atoms with van der Waals surface area (Å²) in [6.45, 7) is 0. The maximum absolute atomic E-state index is 10.8. The van der Waals surface area contributed by atoms with E-state index in [1.54, 1.807) is 7.05 Å². The van der Waals surface area contributed by atoms with E-state index in [4.69, 9.17) is 4.42 Å². The van der Waals surface area contributed by atoms with E-state index in [-0.39, 0.29) is 5.91 Å². The van der Waals surface area contributed by atoms with E-state index in [0.29, 0.717) is 9.59 Å². The van der Waals surface area contributed by atoms with Crippen LogP contribution < -0.4 is 5.32 Å². The number of carbonyl (C=O) groups excluding carboxylic acids is 1. The van der Waals surface area contributed by atoms with Crippen molar-refractivity contribution in [2.45, 2.75) is 0 Å². The molecule has 1 aromatic rings. The molecule has 0 unspecified atom stereocenters. The van der Waals surface area contributed by atoms with Crippen molar-refractivity contribution >= 4 is 28.5 Å². The van der Waals surface area contributed by atoms with Crippen molar-refractivity contribution in [1.29, 1.82) is 0 Å². The smallest absolute Gasteiger partial charge is 0.273 e. The van der Waals surface area contributed by atoms with Gasteiger partial charge in [0.15, 0.2) is 5.69 Å². The van der Waals surface area contributed by atoms with Crippen molar-refractivity contribution in [3.05, 3.63) is 15.9 Å². The largest absolute Gasteiger partial charge is 0.440 e. The number of aromatic nitrogens is 1. The lowest BCUT2D eigenvalue weighted by Crippen LogP contribution is -2.17. The summed E-state index contributed by atoms with van der Waals surface area (Å²) in [5, 5.41) is 2.43. The van der Waals surface area contributed by atoms with Crippen molar-refractivity contribution in [3.8, 4) is 0 Å². The average Bonchev–Trinajstić information content (AvgIpc) is 2.34. The van der Waals surface area contributed by atoms with Gasteiger partial charge in [0.05, 0.1) is 0 Å². The fraction of sp³-hybridized carbons (Fsp3) is 0.200. The number of nitrogens with zero attached hydrogens (tertiary/aromatic N) is 1. The summed E-state index contributed by atoms with van der Waals surface area (Å²) in [6.07, 6.45) is 1.32. The second-order valence-corrected chi connectivity index (χ2v) is 2.49. The predicted molar refractivity (Wildman–Crippen MR) is 42.6 cm³/mol. The van der Waals surface area contributed by atoms with Crippen LogP contribution in [0.3, 0.4) is 0 Å². The zero-order valence-electron chi connectivity index (χ0n) is 5.22. The molecule has 0 aliphatic carbocycles. The topological polar surface area (TPSA) is 55.1 Å². The van der Waals surface area contributed by atoms with Crippen LogP contribution in [0.5, 0.6) is 0 Å². The number of carbonyl (C=O) groups is 1. The summed E-state index contributed by atoms with van der Waals surface area (Å²) in [5.74, 6) is -0.230. The molecule has 0 bridgehead atoms. The zero-order chi connectivity index (χ0) is 7.56. The molecule has 0 atom stereocenters. The second kappa shape index (κ2) is 3.00. The van der Waals surface area contributed by atoms with Gasteiger partial charge in [-0.15, -0.1) is 0 Å². The van der Waals surface area contributed by atoms with Gasteiger partial charge in [-0.3, -0.25) is 4.79 Å². The van der Waals surface area contributed by atoms with Crippen molar-refractivity contribution < 1.29 is 9.21 Å². The first kappa shape index (κ1) is 7.52. The molecular formula is C5H5IN2O2. The van der Waals surface area contributed by atoms with Crippen LogP contribution in [0.1, 0.15) is 10.5 Å². The number of oxazole rings is 1. The Balaban J connectivity index is 2.85. The molecule has 10 heavy (non-hydrogen) atoms. The molecule has 5 heteroatoms. The molecule has 0 aliphatic rings. The molecule has 1 rings (SSSR count). The first-order valence-corrected chi connectivity index (χ1v) is 3.65. The predicted octanol–water partition coefficient (Wildman–Crippen LogP) is 0.639. The maximum atomic E-state index is 10.8. The van der Waals surface area contributed by atoms with E-state index >= 15 is 0 Å². The minimum Gasteiger partial charge on any atom is -0.440 e. The third kappa shape index (κ3) is 1.47. The lowest BCUT2D eigenvalue weighted by Gasteiger charge is -1.88. The molecule has 0 fully saturated rings. The molecule has 0 spiro atoms. The third-order valence-corrected chi connectivity index (χ3v) is 1.43. The highest BCUT2D eigenvalue weighted by molar-refractivity contribution is 14.1. The molecule has 0 saturated carbocycles. The lowest BCUT2D eigenvalue weighted by molar-refractivity contribution is 0.0958. The molecule has 4 nitrogen and oxygen atoms in total. The standard InChI is InChI=1S/C5H5IN2O2/c1-7-4(9)3-2-10-5(6)8-3/h2H,1H3,(H,7,9). The van der Waals surface area contributed by atoms with Crippen LogP contribution in [-0.2, 0) is 0 Å². The van der Waals surface area contributed by atoms with Gasteiger partial charge >= 0.3 is 0 Å². The molecule has 1 N–H and O–H groups in total. The Bertz CT molecular complexity index is 246. The Morgan fingerprint density at radius 2 is 2.60 bits per heavy atom. The van der Waals surface area contributed by atoms with Gasteiger partial charge in [-0.1, -0.05) is 0 Å². The Morgan fingerprint density at radius 3 is 3.00 bits per heavy atom. The van der Waals surface area contributed by atoms with Crippen LogP contribution in [0.25, 0.3) is 0 Å². The van der Waals surface area contributed by atoms with Crippen LogP contribution in [0.2, 0.25) is 0 Å². The van der Waals surface area contributed by atoms with E-state index in [2.05, 4.69) is 10.3 Å². The molecule has 0 aliphatic heterocycles. The molecule has 0 aromatic carbocycles. The van der Waals surface area contributed by atoms with Gasteiger partial charge in [-0.05, 0) is 0 Å². The number of halogens is 1. The van der Waals surface area contributed by atoms with Crippen LogP contribution in [0.4, 0.5) is 0 Å². The first-order valence-electron chi connectivity index (χ1n) is 2.57. The van der Waals surface area contributed by atoms with Gasteiger partial charge in [0.1, 0.15) is 6.26 Å². The van der Waals surface area contributed by atoms with Crippen molar-refractivity contribution in [3.63, 3.8) is 0 Å². The van der Waals surface area contributed by atoms with Crippen LogP contribution in [0, 0.1) is 3.90 Å². The van der Waals surface area contributed by atoms with Gasteiger partial charge < -0.3 is 9.73 Å². The number of amides is 1. The van der Waals surface area contributed by atoms with Crippen molar-refractivity contribution in [1.82, 2.24) is 10.3 Å². The molecular weight excluding hydrogens is 247 g/mol. The first-order chi connectivity index (χ1) is 4.74. The highest BCUT2D eigenvalue weighted by Crippen LogP contribution is 2.03. The number of rotatable bonds is 1. The Kier molecular flexibility index (Phi) is 2.25. The quantitative estimate of drug-likeness (QED) is 0.746. The molecule has 0 saturated heterocycles. The van der Waals surface area contributed by atoms with Crippen LogP contribution in [-0.4, -0.2) is 17.9 Å². The second-order valence-electron chi connectivity index (χ2n) is 1.56. The number of hydrogen-bond donors (Lipinski definition) is 1. The monoisotopic (exact) mass is 252 g/mol. The van der Waals surface area contributed by atoms with Crippen molar-refractivity contribution in [2.24, 2.45) is 0 Å². The Labute approximate surface area is 71.1 Å². The highest BCUT2D eigenvalue weighted by atomic mass is 127. The van der Waals surface area contributed by atoms with E-state index in [0.717, 1.165) is 0 Å². The van der Waals surface area contributed by atoms with Crippen LogP contribution in [0.15, 0.2) is 10.7 Å². The van der Waals surface area contributed by atoms with Gasteiger partial charge in [0.25, 0.3) is 9.80 Å². The fourth-order valence-electron chi connectivity index (χ4n) is 0.484. The normalized spacial score (nSPS) is 9.40. The summed E-state index contributed by atoms with van der Waals surface area (Å²) in [6, 6.07) is 0. The highest BCUT2D eigenvalue weighted by Gasteiger charge is 2.07. The van der Waals surface area contributed by atoms with Gasteiger partial charge in [-0.2, -0.15) is 4.98 Å². The fourth-order valence-corrected chi connectivity index (χ4v) is 0.871. The molecule has 1 heterocycles. The number of hydrogen-bond acceptors (Lipinski definition) is 3. The lowest BCUT2D eigenvalue weighted by atomic mass is 10.5. The van der Waals surface area contributed by atoms with E-state index in [9.17, 15) is 4.79 Å². The summed E-state index contributed by atoms with van der Waals surface area (Å²) < 4.78 is 5.27. The van der Waals surface area contributed by atoms with E-state index in [1.165, 1.54) is 6.26 Å². The molecule has 1 amide bonds. The molecule has 54 valence electrons. The Morgan fingerprint density at radius 1 is 1.90 bits per heavy atom. The minimum absolute atomic E-state index is 0.230. The summed E-state index contributed by atoms with van der Waals surface area (Å²) >= 11 is 1.89. The Hall–Kier alpha value is -0.590. The van der Waals surface area contributed by atoms with E-state index < -0.39 is 0 Å². The van der Waals surface area contributed by atoms with Crippen molar-refractivity contribution in [2.75, 3.05) is 7.05 Å². The summed E-state index contributed by atoms with van der Waals surface area (Å²) in [7, 11) is 1.55. The minimum atomic E-state index is -0.230. The maximum Gasteiger partial charge on any atom is 0.273 e. The molecule has 0 radical (unpaired) electrons. The zero-order valence-corrected chi connectivity index (χ0v) is 7.38. The summed E-state index contributed by atoms with van der Waals surface area (Å²) in [5.41, 5.74) is 0.312. The number of nitrogens with one attached hydrogen (secondary N) is 1. The molecule has 1 aromatic heterocycles. The van der Waals surface area contributed by atoms with Gasteiger partial charge in [0, 0.05) is 29.6 Å². The van der Waals surface area contributed by atoms with E-state index in [1.807, 2.05) is 22.6 Å². The van der Waals surface area contributed by atoms with Crippen LogP contribution >= 0.6 is 22.6 Å². The third-order valence-electron chi connectivity index (χ3n) is 0.936. The SMILES string of the molecule is CNC(=O)c1coc(I)n1. The van der Waals surface area contributed by atoms with Gasteiger partial charge in [0.2, 0.25) is 0 Å².